The summed E-state index contributed by atoms with van der Waals surface area (Å²) in [5.74, 6) is 0.769. The Labute approximate surface area is 264 Å². The summed E-state index contributed by atoms with van der Waals surface area (Å²) >= 11 is 0. The first kappa shape index (κ1) is 31.6. The smallest absolute Gasteiger partial charge is 0.123 e. The Morgan fingerprint density at radius 2 is 0.591 bits per heavy atom. The van der Waals surface area contributed by atoms with Crippen molar-refractivity contribution in [2.24, 2.45) is 0 Å². The highest BCUT2D eigenvalue weighted by Gasteiger charge is 2.31. The van der Waals surface area contributed by atoms with E-state index < -0.39 is 0 Å². The third-order valence-electron chi connectivity index (χ3n) is 8.96. The number of rotatable bonds is 2. The molecular weight excluding hydrogens is 536 g/mol. The van der Waals surface area contributed by atoms with Crippen LogP contribution >= 0.6 is 0 Å². The van der Waals surface area contributed by atoms with Crippen LogP contribution in [0.3, 0.4) is 0 Å². The van der Waals surface area contributed by atoms with Crippen molar-refractivity contribution in [3.63, 3.8) is 0 Å². The molecule has 0 saturated heterocycles. The van der Waals surface area contributed by atoms with Gasteiger partial charge < -0.3 is 10.2 Å². The van der Waals surface area contributed by atoms with Gasteiger partial charge in [-0.25, -0.2) is 0 Å². The van der Waals surface area contributed by atoms with Gasteiger partial charge in [0.05, 0.1) is 0 Å². The van der Waals surface area contributed by atoms with Crippen LogP contribution in [-0.4, -0.2) is 10.2 Å². The fourth-order valence-corrected chi connectivity index (χ4v) is 6.59. The van der Waals surface area contributed by atoms with Gasteiger partial charge in [0.25, 0.3) is 0 Å². The van der Waals surface area contributed by atoms with Crippen LogP contribution < -0.4 is 0 Å². The van der Waals surface area contributed by atoms with Crippen LogP contribution in [-0.2, 0) is 21.7 Å². The first-order valence-electron chi connectivity index (χ1n) is 15.9. The average Bonchev–Trinajstić information content (AvgIpc) is 2.90. The highest BCUT2D eigenvalue weighted by Crippen LogP contribution is 2.50. The monoisotopic (exact) mass is 586 g/mol. The number of hydrogen-bond acceptors (Lipinski definition) is 2. The Kier molecular flexibility index (Phi) is 7.48. The Bertz CT molecular complexity index is 1680. The Morgan fingerprint density at radius 1 is 0.364 bits per heavy atom. The topological polar surface area (TPSA) is 40.5 Å². The van der Waals surface area contributed by atoms with Crippen molar-refractivity contribution in [3.05, 3.63) is 95.1 Å². The Balaban J connectivity index is 2.08. The standard InChI is InChI=1S/C42H50O2/c1-39(2,3)31-21-25(22-32(37(31)43)40(4,5)6)35-29-19-15-13-17-27(29)28-18-14-16-20-30(28)36(35)26-23-33(41(7,8)9)38(44)34(24-26)42(10,11)12/h13-24,43-44H,1-12H3. The van der Waals surface area contributed by atoms with Crippen molar-refractivity contribution in [3.8, 4) is 33.8 Å². The molecule has 230 valence electrons. The van der Waals surface area contributed by atoms with Crippen LogP contribution in [0.2, 0.25) is 0 Å². The van der Waals surface area contributed by atoms with E-state index in [-0.39, 0.29) is 21.7 Å². The molecule has 0 atom stereocenters. The lowest BCUT2D eigenvalue weighted by Gasteiger charge is -2.30. The van der Waals surface area contributed by atoms with Crippen molar-refractivity contribution >= 4 is 21.5 Å². The first-order chi connectivity index (χ1) is 20.2. The number of phenols is 2. The summed E-state index contributed by atoms with van der Waals surface area (Å²) in [6.07, 6.45) is 0. The molecule has 0 aliphatic carbocycles. The summed E-state index contributed by atoms with van der Waals surface area (Å²) in [7, 11) is 0. The number of phenolic OH excluding ortho intramolecular Hbond substituents is 2. The lowest BCUT2D eigenvalue weighted by atomic mass is 9.74. The maximum Gasteiger partial charge on any atom is 0.123 e. The zero-order valence-electron chi connectivity index (χ0n) is 28.8. The molecule has 0 radical (unpaired) electrons. The summed E-state index contributed by atoms with van der Waals surface area (Å²) in [6.45, 7) is 26.0. The van der Waals surface area contributed by atoms with Gasteiger partial charge in [0.15, 0.2) is 0 Å². The molecule has 5 rings (SSSR count). The van der Waals surface area contributed by atoms with Gasteiger partial charge in [-0.05, 0) is 89.7 Å². The molecule has 2 nitrogen and oxygen atoms in total. The Morgan fingerprint density at radius 3 is 0.818 bits per heavy atom. The van der Waals surface area contributed by atoms with E-state index in [4.69, 9.17) is 0 Å². The van der Waals surface area contributed by atoms with Gasteiger partial charge in [0.1, 0.15) is 11.5 Å². The van der Waals surface area contributed by atoms with E-state index in [1.807, 2.05) is 0 Å². The van der Waals surface area contributed by atoms with E-state index in [9.17, 15) is 10.2 Å². The van der Waals surface area contributed by atoms with Gasteiger partial charge in [-0.2, -0.15) is 0 Å². The lowest BCUT2D eigenvalue weighted by molar-refractivity contribution is 0.422. The second-order valence-electron chi connectivity index (χ2n) is 16.7. The van der Waals surface area contributed by atoms with Crippen LogP contribution in [0.4, 0.5) is 0 Å². The predicted octanol–water partition coefficient (Wildman–Crippen LogP) is 11.9. The number of hydrogen-bond donors (Lipinski definition) is 2. The maximum atomic E-state index is 11.7. The largest absolute Gasteiger partial charge is 0.507 e. The third-order valence-corrected chi connectivity index (χ3v) is 8.96. The molecule has 0 aromatic heterocycles. The zero-order valence-corrected chi connectivity index (χ0v) is 28.8. The van der Waals surface area contributed by atoms with Crippen LogP contribution in [0, 0.1) is 0 Å². The quantitative estimate of drug-likeness (QED) is 0.202. The molecule has 0 aliphatic heterocycles. The van der Waals surface area contributed by atoms with E-state index >= 15 is 0 Å². The van der Waals surface area contributed by atoms with Gasteiger partial charge in [-0.3, -0.25) is 0 Å². The fraction of sp³-hybridized carbons (Fsp3) is 0.381. The molecule has 2 N–H and O–H groups in total. The van der Waals surface area contributed by atoms with Crippen molar-refractivity contribution < 1.29 is 10.2 Å². The van der Waals surface area contributed by atoms with Crippen molar-refractivity contribution in [2.45, 2.75) is 105 Å². The van der Waals surface area contributed by atoms with Gasteiger partial charge in [0.2, 0.25) is 0 Å². The first-order valence-corrected chi connectivity index (χ1v) is 15.9. The third kappa shape index (κ3) is 5.49. The lowest BCUT2D eigenvalue weighted by Crippen LogP contribution is -2.18. The summed E-state index contributed by atoms with van der Waals surface area (Å²) in [6, 6.07) is 26.2. The minimum absolute atomic E-state index is 0.260. The zero-order chi connectivity index (χ0) is 32.6. The second-order valence-corrected chi connectivity index (χ2v) is 16.7. The molecule has 2 heteroatoms. The van der Waals surface area contributed by atoms with Gasteiger partial charge >= 0.3 is 0 Å². The highest BCUT2D eigenvalue weighted by atomic mass is 16.3. The maximum absolute atomic E-state index is 11.7. The molecule has 5 aromatic rings. The predicted molar refractivity (Wildman–Crippen MR) is 190 cm³/mol. The van der Waals surface area contributed by atoms with E-state index in [1.54, 1.807) is 0 Å². The van der Waals surface area contributed by atoms with Crippen molar-refractivity contribution in [1.29, 1.82) is 0 Å². The SMILES string of the molecule is CC(C)(C)c1cc(-c2c(-c3cc(C(C)(C)C)c(O)c(C(C)(C)C)c3)c3ccccc3c3ccccc23)cc(C(C)(C)C)c1O. The Hall–Kier alpha value is -3.78. The summed E-state index contributed by atoms with van der Waals surface area (Å²) in [5, 5.41) is 28.1. The molecule has 0 unspecified atom stereocenters. The van der Waals surface area contributed by atoms with E-state index in [0.717, 1.165) is 44.5 Å². The van der Waals surface area contributed by atoms with E-state index in [0.29, 0.717) is 11.5 Å². The minimum Gasteiger partial charge on any atom is -0.507 e. The molecule has 0 aliphatic rings. The molecule has 0 amide bonds. The highest BCUT2D eigenvalue weighted by molar-refractivity contribution is 6.21. The normalized spacial score (nSPS) is 13.2. The van der Waals surface area contributed by atoms with Gasteiger partial charge in [0, 0.05) is 22.3 Å². The fourth-order valence-electron chi connectivity index (χ4n) is 6.59. The molecular formula is C42H50O2. The summed E-state index contributed by atoms with van der Waals surface area (Å²) in [5.41, 5.74) is 7.23. The number of benzene rings is 5. The molecule has 0 fully saturated rings. The summed E-state index contributed by atoms with van der Waals surface area (Å²) in [4.78, 5) is 0. The van der Waals surface area contributed by atoms with Crippen LogP contribution in [0.15, 0.2) is 72.8 Å². The molecule has 0 bridgehead atoms. The van der Waals surface area contributed by atoms with Gasteiger partial charge in [-0.1, -0.05) is 132 Å². The second kappa shape index (κ2) is 10.4. The molecule has 0 heterocycles. The van der Waals surface area contributed by atoms with Crippen molar-refractivity contribution in [2.75, 3.05) is 0 Å². The molecule has 44 heavy (non-hydrogen) atoms. The van der Waals surface area contributed by atoms with Crippen LogP contribution in [0.5, 0.6) is 11.5 Å². The minimum atomic E-state index is -0.260. The molecule has 0 spiro atoms. The van der Waals surface area contributed by atoms with Crippen LogP contribution in [0.1, 0.15) is 105 Å². The summed E-state index contributed by atoms with van der Waals surface area (Å²) < 4.78 is 0. The van der Waals surface area contributed by atoms with E-state index in [1.165, 1.54) is 21.5 Å². The van der Waals surface area contributed by atoms with E-state index in [2.05, 4.69) is 156 Å². The molecule has 5 aromatic carbocycles. The van der Waals surface area contributed by atoms with Crippen LogP contribution in [0.25, 0.3) is 43.8 Å². The van der Waals surface area contributed by atoms with Gasteiger partial charge in [-0.15, -0.1) is 0 Å². The molecule has 0 saturated carbocycles. The number of fused-ring (bicyclic) bond motifs is 3. The van der Waals surface area contributed by atoms with Crippen molar-refractivity contribution in [1.82, 2.24) is 0 Å². The average molecular weight is 587 g/mol. The number of aromatic hydroxyl groups is 2.